The lowest BCUT2D eigenvalue weighted by Gasteiger charge is -1.49. The number of hydrogen-bond acceptors (Lipinski definition) is 2. The first-order chi connectivity index (χ1) is 6.41. The monoisotopic (exact) mass is 160 g/mol. The highest BCUT2D eigenvalue weighted by molar-refractivity contribution is 5.42. The maximum atomic E-state index is 7.98. The molecule has 0 aromatic rings. The molecule has 0 heterocycles. The highest BCUT2D eigenvalue weighted by atomic mass is 14.2. The molecule has 2 heteroatoms. The van der Waals surface area contributed by atoms with Crippen LogP contribution in [0.15, 0.2) is 0 Å². The van der Waals surface area contributed by atoms with E-state index >= 15 is 0 Å². The molecule has 0 bridgehead atoms. The highest BCUT2D eigenvalue weighted by Crippen LogP contribution is 1.63. The van der Waals surface area contributed by atoms with Gasteiger partial charge in [-0.15, -0.1) is 0 Å². The van der Waals surface area contributed by atoms with E-state index in [-0.39, 0.29) is 0 Å². The molecule has 0 saturated heterocycles. The molecule has 0 aliphatic rings. The third kappa shape index (κ3) is 9.09. The molecule has 13 heavy (non-hydrogen) atoms. The van der Waals surface area contributed by atoms with Crippen molar-refractivity contribution in [2.24, 2.45) is 0 Å². The van der Waals surface area contributed by atoms with Crippen LogP contribution in [-0.2, 0) is 0 Å². The Balaban J connectivity index is 4.03. The molecule has 0 aliphatic heterocycles. The van der Waals surface area contributed by atoms with Gasteiger partial charge in [0.25, 0.3) is 0 Å². The second kappa shape index (κ2) is 9.09. The normalized spacial score (nSPS) is 3.85. The molecule has 0 aliphatic carbocycles. The van der Waals surface area contributed by atoms with Gasteiger partial charge in [-0.25, -0.2) is 0 Å². The van der Waals surface area contributed by atoms with Crippen LogP contribution in [-0.4, -0.2) is 0 Å². The molecule has 2 nitrogen and oxygen atoms in total. The molecule has 53 valence electrons. The van der Waals surface area contributed by atoms with Crippen LogP contribution < -0.4 is 0 Å². The van der Waals surface area contributed by atoms with Crippen LogP contribution in [0, 0.1) is 76.4 Å². The van der Waals surface area contributed by atoms with Crippen LogP contribution in [0.3, 0.4) is 0 Å². The zero-order valence-corrected chi connectivity index (χ0v) is 6.39. The van der Waals surface area contributed by atoms with Crippen molar-refractivity contribution in [3.05, 3.63) is 6.42 Å². The maximum Gasteiger partial charge on any atom is 0.349 e. The first-order valence-electron chi connectivity index (χ1n) is 2.95. The molecule has 1 radical (unpaired) electrons. The Morgan fingerprint density at radius 1 is 0.692 bits per heavy atom. The summed E-state index contributed by atoms with van der Waals surface area (Å²) in [4.78, 5) is 0. The Bertz CT molecular complexity index is 482. The lowest BCUT2D eigenvalue weighted by atomic mass is 10.4. The third-order valence-corrected chi connectivity index (χ3v) is 0.612. The van der Waals surface area contributed by atoms with Crippen molar-refractivity contribution in [3.8, 4) is 59.5 Å². The third-order valence-electron chi connectivity index (χ3n) is 0.612. The fourth-order valence-electron chi connectivity index (χ4n) is 0.275. The van der Waals surface area contributed by atoms with Gasteiger partial charge in [0.2, 0.25) is 17.9 Å². The van der Waals surface area contributed by atoms with Crippen molar-refractivity contribution in [1.82, 2.24) is 0 Å². The molecule has 0 amide bonds. The van der Waals surface area contributed by atoms with Gasteiger partial charge in [-0.3, -0.25) is 0 Å². The molecule has 0 spiro atoms. The molecule has 0 aromatic heterocycles. The van der Waals surface area contributed by atoms with E-state index in [9.17, 15) is 0 Å². The molecule has 0 N–H and O–H groups in total. The first kappa shape index (κ1) is 10.1. The van der Waals surface area contributed by atoms with Crippen molar-refractivity contribution in [3.63, 3.8) is 0 Å². The van der Waals surface area contributed by atoms with E-state index in [1.54, 1.807) is 12.1 Å². The Kier molecular flexibility index (Phi) is 7.06. The predicted molar refractivity (Wildman–Crippen MR) is 45.6 cm³/mol. The summed E-state index contributed by atoms with van der Waals surface area (Å²) < 4.78 is 0. The van der Waals surface area contributed by atoms with Crippen molar-refractivity contribution in [1.29, 1.82) is 10.5 Å². The summed E-state index contributed by atoms with van der Waals surface area (Å²) in [5.41, 5.74) is 0. The van der Waals surface area contributed by atoms with Gasteiger partial charge in [0.15, 0.2) is 6.07 Å². The van der Waals surface area contributed by atoms with E-state index in [0.29, 0.717) is 0 Å². The average molecular weight is 160 g/mol. The molecular weight excluding hydrogens is 160 g/mol. The number of hydrogen-bond donors (Lipinski definition) is 0. The summed E-state index contributed by atoms with van der Waals surface area (Å²) in [6.07, 6.45) is 2.08. The smallest absolute Gasteiger partial charge is 0.183 e. The summed E-state index contributed by atoms with van der Waals surface area (Å²) in [6.45, 7) is 0. The molecule has 0 fully saturated rings. The van der Waals surface area contributed by atoms with Crippen LogP contribution in [0.4, 0.5) is 0 Å². The van der Waals surface area contributed by atoms with Gasteiger partial charge in [0, 0.05) is 29.6 Å². The summed E-state index contributed by atoms with van der Waals surface area (Å²) in [5.74, 6) is 18.3. The highest BCUT2D eigenvalue weighted by Gasteiger charge is 1.84. The van der Waals surface area contributed by atoms with E-state index in [2.05, 4.69) is 53.8 Å². The number of rotatable bonds is 0. The summed E-state index contributed by atoms with van der Waals surface area (Å²) in [6, 6.07) is 3.20. The van der Waals surface area contributed by atoms with Crippen molar-refractivity contribution >= 4 is 0 Å². The van der Waals surface area contributed by atoms with Crippen LogP contribution in [0.2, 0.25) is 0 Å². The molecule has 0 atom stereocenters. The fraction of sp³-hybridized carbons (Fsp3) is 0. The molecule has 0 unspecified atom stereocenters. The molecule has 0 aromatic carbocycles. The number of nitrogens with zero attached hydrogens (tertiary/aromatic N) is 2. The van der Waals surface area contributed by atoms with Gasteiger partial charge < -0.3 is 0 Å². The Morgan fingerprint density at radius 2 is 1.23 bits per heavy atom. The van der Waals surface area contributed by atoms with Gasteiger partial charge in [-0.2, -0.15) is 10.5 Å². The zero-order chi connectivity index (χ0) is 9.78. The average Bonchev–Trinajstić information content (AvgIpc) is 2.16. The Hall–Kier alpha value is -2.91. The minimum Gasteiger partial charge on any atom is -0.183 e. The van der Waals surface area contributed by atoms with Crippen molar-refractivity contribution in [2.75, 3.05) is 0 Å². The Labute approximate surface area is 77.2 Å². The minimum absolute atomic E-state index is 1.60. The summed E-state index contributed by atoms with van der Waals surface area (Å²) in [5, 5.41) is 16.0. The lowest BCUT2D eigenvalue weighted by molar-refractivity contribution is 1.52. The summed E-state index contributed by atoms with van der Waals surface area (Å²) in [7, 11) is 0. The van der Waals surface area contributed by atoms with E-state index in [1.807, 2.05) is 0 Å². The van der Waals surface area contributed by atoms with Gasteiger partial charge in [0.05, 0.1) is 0 Å². The lowest BCUT2D eigenvalue weighted by Crippen LogP contribution is -1.58. The standard InChI is InChI=1S/C11N2/c12-10-8-6-4-2-1-3-5-7-9-11-13/q+1. The quantitative estimate of drug-likeness (QED) is 0.373. The minimum atomic E-state index is 1.60. The predicted octanol–water partition coefficient (Wildman–Crippen LogP) is 0.128. The van der Waals surface area contributed by atoms with Crippen LogP contribution in [0.5, 0.6) is 0 Å². The molecule has 0 rings (SSSR count). The second-order valence-corrected chi connectivity index (χ2v) is 1.35. The van der Waals surface area contributed by atoms with E-state index in [1.165, 1.54) is 0 Å². The first-order valence-corrected chi connectivity index (χ1v) is 2.95. The SMILES string of the molecule is N#CC#CC#CC#CC#C[C+]C#N. The van der Waals surface area contributed by atoms with Crippen molar-refractivity contribution in [2.45, 2.75) is 0 Å². The fourth-order valence-corrected chi connectivity index (χ4v) is 0.275. The van der Waals surface area contributed by atoms with E-state index < -0.39 is 0 Å². The van der Waals surface area contributed by atoms with Gasteiger partial charge in [0.1, 0.15) is 5.92 Å². The molecular formula is C11N2+. The Morgan fingerprint density at radius 3 is 1.77 bits per heavy atom. The topological polar surface area (TPSA) is 47.6 Å². The zero-order valence-electron chi connectivity index (χ0n) is 6.39. The van der Waals surface area contributed by atoms with Crippen LogP contribution >= 0.6 is 0 Å². The maximum absolute atomic E-state index is 7.98. The van der Waals surface area contributed by atoms with Crippen molar-refractivity contribution < 1.29 is 0 Å². The molecule has 0 saturated carbocycles. The van der Waals surface area contributed by atoms with Crippen LogP contribution in [0.1, 0.15) is 0 Å². The van der Waals surface area contributed by atoms with Gasteiger partial charge in [-0.1, -0.05) is 0 Å². The second-order valence-electron chi connectivity index (χ2n) is 1.35. The number of nitriles is 2. The van der Waals surface area contributed by atoms with E-state index in [4.69, 9.17) is 10.5 Å². The van der Waals surface area contributed by atoms with Gasteiger partial charge in [-0.05, 0) is 0 Å². The largest absolute Gasteiger partial charge is 0.349 e. The van der Waals surface area contributed by atoms with Crippen LogP contribution in [0.25, 0.3) is 0 Å². The van der Waals surface area contributed by atoms with Gasteiger partial charge >= 0.3 is 6.42 Å². The summed E-state index contributed by atoms with van der Waals surface area (Å²) >= 11 is 0. The van der Waals surface area contributed by atoms with E-state index in [0.717, 1.165) is 0 Å².